The van der Waals surface area contributed by atoms with Crippen molar-refractivity contribution in [1.29, 1.82) is 0 Å². The van der Waals surface area contributed by atoms with Gasteiger partial charge in [-0.2, -0.15) is 9.78 Å². The summed E-state index contributed by atoms with van der Waals surface area (Å²) in [7, 11) is 6.89. The largest absolute Gasteiger partial charge is 0.437 e. The third-order valence-corrected chi connectivity index (χ3v) is 2.86. The number of hydrogen-bond donors (Lipinski definition) is 0. The number of halogens is 2. The molecule has 3 heterocycles. The van der Waals surface area contributed by atoms with Gasteiger partial charge in [-0.3, -0.25) is 0 Å². The molecule has 10 heteroatoms. The maximum atomic E-state index is 13.2. The van der Waals surface area contributed by atoms with Gasteiger partial charge in [0, 0.05) is 13.2 Å². The van der Waals surface area contributed by atoms with Gasteiger partial charge < -0.3 is 4.42 Å². The highest BCUT2D eigenvalue weighted by atomic mass is 19.3. The average molecular weight is 303 g/mol. The van der Waals surface area contributed by atoms with E-state index in [1.165, 1.54) is 25.4 Å². The predicted molar refractivity (Wildman–Crippen MR) is 72.4 cm³/mol. The van der Waals surface area contributed by atoms with Gasteiger partial charge in [0.05, 0.1) is 0 Å². The van der Waals surface area contributed by atoms with Gasteiger partial charge in [-0.1, -0.05) is 11.5 Å². The smallest absolute Gasteiger partial charge is 0.386 e. The molecule has 0 aromatic carbocycles. The second-order valence-corrected chi connectivity index (χ2v) is 4.41. The highest BCUT2D eigenvalue weighted by Crippen LogP contribution is 2.25. The van der Waals surface area contributed by atoms with Gasteiger partial charge in [0.15, 0.2) is 11.5 Å². The lowest BCUT2D eigenvalue weighted by Crippen LogP contribution is -2.09. The maximum Gasteiger partial charge on any atom is 0.437 e. The van der Waals surface area contributed by atoms with E-state index in [1.54, 1.807) is 0 Å². The number of aryl methyl sites for hydroxylation is 1. The van der Waals surface area contributed by atoms with Gasteiger partial charge >= 0.3 is 5.76 Å². The van der Waals surface area contributed by atoms with E-state index in [0.29, 0.717) is 5.46 Å². The number of alkyl halides is 2. The summed E-state index contributed by atoms with van der Waals surface area (Å²) in [6.07, 6.45) is -1.47. The minimum atomic E-state index is -2.80. The third-order valence-electron chi connectivity index (χ3n) is 2.86. The van der Waals surface area contributed by atoms with Crippen molar-refractivity contribution >= 4 is 13.3 Å². The van der Waals surface area contributed by atoms with Gasteiger partial charge in [0.25, 0.3) is 12.3 Å². The van der Waals surface area contributed by atoms with Crippen LogP contribution in [0.3, 0.4) is 0 Å². The molecular weight excluding hydrogens is 295 g/mol. The fourth-order valence-corrected chi connectivity index (χ4v) is 1.81. The molecule has 0 N–H and O–H groups in total. The molecule has 0 amide bonds. The Balaban J connectivity index is 2.13. The predicted octanol–water partition coefficient (Wildman–Crippen LogP) is 0.352. The van der Waals surface area contributed by atoms with E-state index in [9.17, 15) is 13.6 Å². The van der Waals surface area contributed by atoms with Crippen molar-refractivity contribution in [1.82, 2.24) is 24.5 Å². The zero-order chi connectivity index (χ0) is 15.9. The van der Waals surface area contributed by atoms with Gasteiger partial charge in [-0.25, -0.2) is 23.2 Å². The molecule has 0 saturated heterocycles. The molecule has 0 spiro atoms. The summed E-state index contributed by atoms with van der Waals surface area (Å²) in [5.74, 6) is -0.702. The molecule has 0 aliphatic carbocycles. The van der Waals surface area contributed by atoms with Gasteiger partial charge in [-0.15, -0.1) is 5.10 Å². The first-order valence-electron chi connectivity index (χ1n) is 6.10. The molecule has 0 aliphatic heterocycles. The summed E-state index contributed by atoms with van der Waals surface area (Å²) in [5.41, 5.74) is -0.00218. The van der Waals surface area contributed by atoms with Crippen LogP contribution in [0.15, 0.2) is 33.6 Å². The molecule has 0 bridgehead atoms. The van der Waals surface area contributed by atoms with Crippen LogP contribution in [0.5, 0.6) is 0 Å². The van der Waals surface area contributed by atoms with E-state index >= 15 is 0 Å². The first-order chi connectivity index (χ1) is 10.5. The van der Waals surface area contributed by atoms with Crippen LogP contribution in [0.4, 0.5) is 8.78 Å². The van der Waals surface area contributed by atoms with Crippen LogP contribution in [0.1, 0.15) is 12.1 Å². The van der Waals surface area contributed by atoms with E-state index in [2.05, 4.69) is 15.2 Å². The van der Waals surface area contributed by atoms with Gasteiger partial charge in [0.1, 0.15) is 13.5 Å². The van der Waals surface area contributed by atoms with Gasteiger partial charge in [0.2, 0.25) is 0 Å². The van der Waals surface area contributed by atoms with Crippen molar-refractivity contribution in [3.8, 4) is 17.4 Å². The molecule has 0 atom stereocenters. The van der Waals surface area contributed by atoms with Crippen molar-refractivity contribution in [2.45, 2.75) is 6.43 Å². The van der Waals surface area contributed by atoms with Crippen molar-refractivity contribution < 1.29 is 13.2 Å². The second kappa shape index (κ2) is 5.21. The van der Waals surface area contributed by atoms with Gasteiger partial charge in [-0.05, 0) is 12.1 Å². The lowest BCUT2D eigenvalue weighted by Gasteiger charge is -2.05. The van der Waals surface area contributed by atoms with Crippen LogP contribution in [0.2, 0.25) is 0 Å². The minimum absolute atomic E-state index is 0.00613. The number of pyridine rings is 1. The van der Waals surface area contributed by atoms with Crippen molar-refractivity contribution in [2.24, 2.45) is 7.05 Å². The summed E-state index contributed by atoms with van der Waals surface area (Å²) in [6, 6.07) is 4.06. The Morgan fingerprint density at radius 1 is 1.32 bits per heavy atom. The van der Waals surface area contributed by atoms with Crippen molar-refractivity contribution in [3.05, 3.63) is 40.6 Å². The summed E-state index contributed by atoms with van der Waals surface area (Å²) in [4.78, 5) is 15.2. The van der Waals surface area contributed by atoms with Crippen LogP contribution in [0, 0.1) is 0 Å². The number of rotatable bonds is 3. The van der Waals surface area contributed by atoms with E-state index < -0.39 is 17.9 Å². The Kier molecular flexibility index (Phi) is 3.35. The maximum absolute atomic E-state index is 13.2. The lowest BCUT2D eigenvalue weighted by atomic mass is 9.99. The quantitative estimate of drug-likeness (QED) is 0.652. The molecule has 0 unspecified atom stereocenters. The molecule has 0 aliphatic rings. The number of aromatic nitrogens is 5. The molecule has 3 aromatic rings. The first kappa shape index (κ1) is 14.2. The van der Waals surface area contributed by atoms with Crippen molar-refractivity contribution in [2.75, 3.05) is 0 Å². The molecule has 2 radical (unpaired) electrons. The standard InChI is InChI=1S/C12H8BF2N5O2/c1-19-12(21)22-11(18-19)7-4-8(10(14)15)20(17-7)9-3-2-6(13)5-16-9/h2-5,10H,1H3. The molecule has 3 rings (SSSR count). The number of hydrogen-bond acceptors (Lipinski definition) is 5. The summed E-state index contributed by atoms with van der Waals surface area (Å²) in [5, 5.41) is 7.76. The fraction of sp³-hybridized carbons (Fsp3) is 0.167. The lowest BCUT2D eigenvalue weighted by molar-refractivity contribution is 0.142. The third kappa shape index (κ3) is 2.43. The van der Waals surface area contributed by atoms with E-state index in [-0.39, 0.29) is 17.4 Å². The van der Waals surface area contributed by atoms with Crippen LogP contribution < -0.4 is 11.2 Å². The topological polar surface area (TPSA) is 78.7 Å². The molecule has 0 fully saturated rings. The SMILES string of the molecule is [B]c1ccc(-n2nc(-c3nn(C)c(=O)o3)cc2C(F)F)nc1. The Bertz CT molecular complexity index is 869. The molecule has 7 nitrogen and oxygen atoms in total. The van der Waals surface area contributed by atoms with Crippen molar-refractivity contribution in [3.63, 3.8) is 0 Å². The molecule has 22 heavy (non-hydrogen) atoms. The number of nitrogens with zero attached hydrogens (tertiary/aromatic N) is 5. The molecule has 3 aromatic heterocycles. The zero-order valence-corrected chi connectivity index (χ0v) is 11.3. The molecule has 110 valence electrons. The highest BCUT2D eigenvalue weighted by molar-refractivity contribution is 6.32. The summed E-state index contributed by atoms with van der Waals surface area (Å²) >= 11 is 0. The fourth-order valence-electron chi connectivity index (χ4n) is 1.81. The summed E-state index contributed by atoms with van der Waals surface area (Å²) < 4.78 is 33.1. The molecular formula is C12H8BF2N5O2. The van der Waals surface area contributed by atoms with E-state index in [4.69, 9.17) is 12.3 Å². The van der Waals surface area contributed by atoms with E-state index in [1.807, 2.05) is 0 Å². The Morgan fingerprint density at radius 3 is 2.64 bits per heavy atom. The zero-order valence-electron chi connectivity index (χ0n) is 11.3. The highest BCUT2D eigenvalue weighted by Gasteiger charge is 2.22. The monoisotopic (exact) mass is 303 g/mol. The van der Waals surface area contributed by atoms with Crippen LogP contribution >= 0.6 is 0 Å². The molecule has 0 saturated carbocycles. The summed E-state index contributed by atoms with van der Waals surface area (Å²) in [6.45, 7) is 0. The average Bonchev–Trinajstić information content (AvgIpc) is 3.05. The van der Waals surface area contributed by atoms with E-state index in [0.717, 1.165) is 15.4 Å². The normalized spacial score (nSPS) is 11.3. The second-order valence-electron chi connectivity index (χ2n) is 4.41. The Morgan fingerprint density at radius 2 is 2.09 bits per heavy atom. The Hall–Kier alpha value is -2.78. The van der Waals surface area contributed by atoms with Crippen LogP contribution in [-0.2, 0) is 7.05 Å². The first-order valence-corrected chi connectivity index (χ1v) is 6.10. The Labute approximate surface area is 123 Å². The van der Waals surface area contributed by atoms with Crippen LogP contribution in [0.25, 0.3) is 17.4 Å². The van der Waals surface area contributed by atoms with Crippen LogP contribution in [-0.4, -0.2) is 32.4 Å². The minimum Gasteiger partial charge on any atom is -0.386 e.